The first-order valence-corrected chi connectivity index (χ1v) is 6.74. The zero-order chi connectivity index (χ0) is 15.4. The zero-order valence-corrected chi connectivity index (χ0v) is 11.9. The van der Waals surface area contributed by atoms with Gasteiger partial charge in [0.1, 0.15) is 5.82 Å². The fraction of sp³-hybridized carbons (Fsp3) is 0.250. The summed E-state index contributed by atoms with van der Waals surface area (Å²) >= 11 is 0. The van der Waals surface area contributed by atoms with Crippen LogP contribution in [-0.2, 0) is 0 Å². The van der Waals surface area contributed by atoms with Gasteiger partial charge in [-0.2, -0.15) is 0 Å². The van der Waals surface area contributed by atoms with Crippen LogP contribution in [0.4, 0.5) is 10.1 Å². The average Bonchev–Trinajstić information content (AvgIpc) is 2.47. The number of nitro benzene ring substituents is 1. The molecule has 2 aromatic rings. The molecule has 2 rings (SSSR count). The molecular formula is C16H17FN2O2. The van der Waals surface area contributed by atoms with Crippen molar-refractivity contribution in [1.82, 2.24) is 5.32 Å². The molecule has 4 nitrogen and oxygen atoms in total. The first-order valence-electron chi connectivity index (χ1n) is 6.74. The molecule has 0 bridgehead atoms. The Hall–Kier alpha value is -2.27. The second-order valence-electron chi connectivity index (χ2n) is 4.98. The van der Waals surface area contributed by atoms with Gasteiger partial charge in [-0.25, -0.2) is 4.39 Å². The minimum Gasteiger partial charge on any atom is -0.303 e. The van der Waals surface area contributed by atoms with E-state index >= 15 is 0 Å². The van der Waals surface area contributed by atoms with E-state index in [9.17, 15) is 14.5 Å². The fourth-order valence-electron chi connectivity index (χ4n) is 2.36. The summed E-state index contributed by atoms with van der Waals surface area (Å²) in [5.74, 6) is -0.292. The topological polar surface area (TPSA) is 55.2 Å². The molecule has 0 aliphatic rings. The molecule has 21 heavy (non-hydrogen) atoms. The van der Waals surface area contributed by atoms with Gasteiger partial charge in [-0.1, -0.05) is 30.3 Å². The first kappa shape index (κ1) is 15.1. The van der Waals surface area contributed by atoms with E-state index in [1.165, 1.54) is 18.2 Å². The van der Waals surface area contributed by atoms with Crippen molar-refractivity contribution in [1.29, 1.82) is 0 Å². The second kappa shape index (κ2) is 6.45. The van der Waals surface area contributed by atoms with E-state index in [-0.39, 0.29) is 28.5 Å². The van der Waals surface area contributed by atoms with E-state index in [1.54, 1.807) is 24.3 Å². The Morgan fingerprint density at radius 1 is 1.10 bits per heavy atom. The molecule has 0 aliphatic carbocycles. The van der Waals surface area contributed by atoms with Crippen LogP contribution in [0.15, 0.2) is 48.5 Å². The molecule has 0 saturated carbocycles. The van der Waals surface area contributed by atoms with Gasteiger partial charge >= 0.3 is 0 Å². The van der Waals surface area contributed by atoms with Crippen molar-refractivity contribution >= 4 is 5.69 Å². The number of hydrogen-bond donors (Lipinski definition) is 1. The van der Waals surface area contributed by atoms with E-state index in [2.05, 4.69) is 5.32 Å². The third-order valence-electron chi connectivity index (χ3n) is 3.45. The van der Waals surface area contributed by atoms with E-state index in [4.69, 9.17) is 0 Å². The van der Waals surface area contributed by atoms with Crippen molar-refractivity contribution in [2.75, 3.05) is 0 Å². The van der Waals surface area contributed by atoms with Gasteiger partial charge in [-0.05, 0) is 31.5 Å². The largest absolute Gasteiger partial charge is 0.303 e. The van der Waals surface area contributed by atoms with Gasteiger partial charge in [-0.15, -0.1) is 0 Å². The molecule has 0 aliphatic heterocycles. The van der Waals surface area contributed by atoms with Gasteiger partial charge in [0.2, 0.25) is 0 Å². The minimum absolute atomic E-state index is 0.0870. The van der Waals surface area contributed by atoms with E-state index < -0.39 is 0 Å². The lowest BCUT2D eigenvalue weighted by Gasteiger charge is -2.20. The summed E-state index contributed by atoms with van der Waals surface area (Å²) in [6.45, 7) is 3.76. The van der Waals surface area contributed by atoms with Gasteiger partial charge in [-0.3, -0.25) is 10.1 Å². The van der Waals surface area contributed by atoms with E-state index in [0.717, 1.165) is 5.56 Å². The Balaban J connectivity index is 2.18. The molecule has 0 heterocycles. The number of nitrogens with one attached hydrogen (secondary N) is 1. The zero-order valence-electron chi connectivity index (χ0n) is 11.9. The van der Waals surface area contributed by atoms with Crippen molar-refractivity contribution in [3.63, 3.8) is 0 Å². The van der Waals surface area contributed by atoms with Crippen LogP contribution in [0, 0.1) is 15.9 Å². The van der Waals surface area contributed by atoms with E-state index in [0.29, 0.717) is 5.56 Å². The predicted molar refractivity (Wildman–Crippen MR) is 79.5 cm³/mol. The van der Waals surface area contributed by atoms with Gasteiger partial charge in [0.15, 0.2) is 0 Å². The molecule has 0 radical (unpaired) electrons. The van der Waals surface area contributed by atoms with Crippen molar-refractivity contribution in [3.8, 4) is 0 Å². The number of hydrogen-bond acceptors (Lipinski definition) is 3. The molecule has 0 aromatic heterocycles. The predicted octanol–water partition coefficient (Wildman–Crippen LogP) is 4.15. The molecule has 1 N–H and O–H groups in total. The average molecular weight is 288 g/mol. The maximum absolute atomic E-state index is 13.2. The quantitative estimate of drug-likeness (QED) is 0.664. The van der Waals surface area contributed by atoms with Gasteiger partial charge in [0, 0.05) is 23.7 Å². The smallest absolute Gasteiger partial charge is 0.274 e. The molecule has 0 spiro atoms. The molecule has 2 atom stereocenters. The van der Waals surface area contributed by atoms with Crippen molar-refractivity contribution in [3.05, 3.63) is 75.6 Å². The summed E-state index contributed by atoms with van der Waals surface area (Å²) in [6.07, 6.45) is 0. The van der Waals surface area contributed by atoms with Gasteiger partial charge in [0.05, 0.1) is 4.92 Å². The van der Waals surface area contributed by atoms with Crippen molar-refractivity contribution in [2.24, 2.45) is 0 Å². The Labute approximate surface area is 122 Å². The first-order chi connectivity index (χ1) is 9.99. The summed E-state index contributed by atoms with van der Waals surface area (Å²) in [4.78, 5) is 10.7. The fourth-order valence-corrected chi connectivity index (χ4v) is 2.36. The minimum atomic E-state index is -0.389. The van der Waals surface area contributed by atoms with Gasteiger partial charge in [0.25, 0.3) is 5.69 Å². The lowest BCUT2D eigenvalue weighted by atomic mass is 10.0. The van der Waals surface area contributed by atoms with Crippen LogP contribution in [0.2, 0.25) is 0 Å². The normalized spacial score (nSPS) is 13.7. The maximum atomic E-state index is 13.2. The molecule has 0 saturated heterocycles. The van der Waals surface area contributed by atoms with Gasteiger partial charge < -0.3 is 5.32 Å². The number of benzene rings is 2. The van der Waals surface area contributed by atoms with Crippen LogP contribution in [0.25, 0.3) is 0 Å². The molecule has 0 amide bonds. The summed E-state index contributed by atoms with van der Waals surface area (Å²) in [7, 11) is 0. The van der Waals surface area contributed by atoms with Crippen molar-refractivity contribution in [2.45, 2.75) is 25.9 Å². The van der Waals surface area contributed by atoms with Crippen molar-refractivity contribution < 1.29 is 9.31 Å². The number of nitro groups is 1. The summed E-state index contributed by atoms with van der Waals surface area (Å²) in [5.41, 5.74) is 1.51. The van der Waals surface area contributed by atoms with Crippen LogP contribution in [-0.4, -0.2) is 4.92 Å². The van der Waals surface area contributed by atoms with Crippen LogP contribution < -0.4 is 5.32 Å². The highest BCUT2D eigenvalue weighted by molar-refractivity contribution is 5.41. The highest BCUT2D eigenvalue weighted by Crippen LogP contribution is 2.26. The Morgan fingerprint density at radius 2 is 1.81 bits per heavy atom. The summed E-state index contributed by atoms with van der Waals surface area (Å²) in [6, 6.07) is 12.6. The van der Waals surface area contributed by atoms with Crippen LogP contribution in [0.1, 0.15) is 37.1 Å². The monoisotopic (exact) mass is 288 g/mol. The molecule has 1 unspecified atom stereocenters. The molecule has 5 heteroatoms. The maximum Gasteiger partial charge on any atom is 0.274 e. The number of halogens is 1. The lowest BCUT2D eigenvalue weighted by Crippen LogP contribution is -2.23. The van der Waals surface area contributed by atoms with Crippen LogP contribution in [0.5, 0.6) is 0 Å². The Kier molecular flexibility index (Phi) is 4.65. The van der Waals surface area contributed by atoms with Crippen LogP contribution >= 0.6 is 0 Å². The third-order valence-corrected chi connectivity index (χ3v) is 3.45. The molecule has 2 aromatic carbocycles. The highest BCUT2D eigenvalue weighted by Gasteiger charge is 2.19. The second-order valence-corrected chi connectivity index (χ2v) is 4.98. The number of nitrogens with zero attached hydrogens (tertiary/aromatic N) is 1. The molecule has 0 fully saturated rings. The number of para-hydroxylation sites is 1. The Bertz CT molecular complexity index is 646. The molecule has 110 valence electrons. The highest BCUT2D eigenvalue weighted by atomic mass is 19.1. The van der Waals surface area contributed by atoms with Crippen LogP contribution in [0.3, 0.4) is 0 Å². The molecular weight excluding hydrogens is 271 g/mol. The van der Waals surface area contributed by atoms with E-state index in [1.807, 2.05) is 19.9 Å². The summed E-state index contributed by atoms with van der Waals surface area (Å²) in [5, 5.41) is 14.3. The SMILES string of the molecule is CC(N[C@H](C)c1cccc(F)c1)c1ccccc1[N+](=O)[O-]. The summed E-state index contributed by atoms with van der Waals surface area (Å²) < 4.78 is 13.2. The number of rotatable bonds is 5. The standard InChI is InChI=1S/C16H17FN2O2/c1-11(13-6-5-7-14(17)10-13)18-12(2)15-8-3-4-9-16(15)19(20)21/h3-12,18H,1-2H3/t11-,12?/m1/s1. The Morgan fingerprint density at radius 3 is 2.48 bits per heavy atom. The third kappa shape index (κ3) is 3.64. The lowest BCUT2D eigenvalue weighted by molar-refractivity contribution is -0.385.